The van der Waals surface area contributed by atoms with Crippen molar-refractivity contribution in [1.82, 2.24) is 4.90 Å². The lowest BCUT2D eigenvalue weighted by molar-refractivity contribution is -0.138. The molecule has 1 saturated carbocycles. The SMILES string of the molecule is C=C(CN(C)CC1CC(O)C1)C(=O)OCC. The van der Waals surface area contributed by atoms with Gasteiger partial charge in [-0.15, -0.1) is 0 Å². The quantitative estimate of drug-likeness (QED) is 0.539. The van der Waals surface area contributed by atoms with Gasteiger partial charge in [-0.1, -0.05) is 6.58 Å². The molecule has 1 aliphatic carbocycles. The fourth-order valence-electron chi connectivity index (χ4n) is 1.98. The number of nitrogens with zero attached hydrogens (tertiary/aromatic N) is 1. The number of likely N-dealkylation sites (N-methyl/N-ethyl adjacent to an activating group) is 1. The first-order valence-electron chi connectivity index (χ1n) is 5.74. The second-order valence-electron chi connectivity index (χ2n) is 4.51. The number of ether oxygens (including phenoxy) is 1. The number of aliphatic hydroxyl groups excluding tert-OH is 1. The maximum absolute atomic E-state index is 11.3. The van der Waals surface area contributed by atoms with E-state index < -0.39 is 0 Å². The Morgan fingerprint density at radius 1 is 1.56 bits per heavy atom. The lowest BCUT2D eigenvalue weighted by Crippen LogP contribution is -2.38. The Bertz CT molecular complexity index is 259. The van der Waals surface area contributed by atoms with Crippen LogP contribution in [0.3, 0.4) is 0 Å². The van der Waals surface area contributed by atoms with E-state index in [2.05, 4.69) is 11.5 Å². The summed E-state index contributed by atoms with van der Waals surface area (Å²) in [6.45, 7) is 7.31. The van der Waals surface area contributed by atoms with Gasteiger partial charge in [0.1, 0.15) is 0 Å². The molecular weight excluding hydrogens is 206 g/mol. The highest BCUT2D eigenvalue weighted by atomic mass is 16.5. The minimum absolute atomic E-state index is 0.119. The number of hydrogen-bond acceptors (Lipinski definition) is 4. The number of esters is 1. The average Bonchev–Trinajstić information content (AvgIpc) is 2.15. The number of aliphatic hydroxyl groups is 1. The smallest absolute Gasteiger partial charge is 0.334 e. The zero-order chi connectivity index (χ0) is 12.1. The van der Waals surface area contributed by atoms with Crippen LogP contribution < -0.4 is 0 Å². The molecule has 0 spiro atoms. The molecule has 0 atom stereocenters. The predicted molar refractivity (Wildman–Crippen MR) is 62.0 cm³/mol. The van der Waals surface area contributed by atoms with Gasteiger partial charge >= 0.3 is 5.97 Å². The zero-order valence-corrected chi connectivity index (χ0v) is 10.1. The molecule has 0 unspecified atom stereocenters. The van der Waals surface area contributed by atoms with Crippen LogP contribution in [-0.2, 0) is 9.53 Å². The average molecular weight is 227 g/mol. The molecule has 92 valence electrons. The first kappa shape index (κ1) is 13.2. The van der Waals surface area contributed by atoms with Crippen LogP contribution in [0.25, 0.3) is 0 Å². The van der Waals surface area contributed by atoms with Crippen LogP contribution in [0.4, 0.5) is 0 Å². The molecular formula is C12H21NO3. The predicted octanol–water partition coefficient (Wildman–Crippen LogP) is 0.808. The molecule has 4 heteroatoms. The van der Waals surface area contributed by atoms with Crippen LogP contribution in [0, 0.1) is 5.92 Å². The van der Waals surface area contributed by atoms with Crippen LogP contribution >= 0.6 is 0 Å². The minimum Gasteiger partial charge on any atom is -0.463 e. The summed E-state index contributed by atoms with van der Waals surface area (Å²) in [5.74, 6) is 0.234. The molecule has 0 bridgehead atoms. The lowest BCUT2D eigenvalue weighted by atomic mass is 9.82. The maximum atomic E-state index is 11.3. The standard InChI is InChI=1S/C12H21NO3/c1-4-16-12(15)9(2)7-13(3)8-10-5-11(14)6-10/h10-11,14H,2,4-8H2,1,3H3. The monoisotopic (exact) mass is 227 g/mol. The third-order valence-electron chi connectivity index (χ3n) is 2.81. The van der Waals surface area contributed by atoms with Crippen molar-refractivity contribution in [3.05, 3.63) is 12.2 Å². The summed E-state index contributed by atoms with van der Waals surface area (Å²) in [5, 5.41) is 9.16. The number of hydrogen-bond donors (Lipinski definition) is 1. The highest BCUT2D eigenvalue weighted by Gasteiger charge is 2.28. The van der Waals surface area contributed by atoms with Gasteiger partial charge in [-0.25, -0.2) is 4.79 Å². The van der Waals surface area contributed by atoms with Crippen LogP contribution in [0.1, 0.15) is 19.8 Å². The van der Waals surface area contributed by atoms with E-state index in [1.54, 1.807) is 6.92 Å². The first-order valence-corrected chi connectivity index (χ1v) is 5.74. The maximum Gasteiger partial charge on any atom is 0.334 e. The van der Waals surface area contributed by atoms with Gasteiger partial charge in [0, 0.05) is 18.7 Å². The molecule has 4 nitrogen and oxygen atoms in total. The Kier molecular flexibility index (Phi) is 4.96. The second kappa shape index (κ2) is 6.01. The van der Waals surface area contributed by atoms with Gasteiger partial charge in [0.05, 0.1) is 12.7 Å². The molecule has 0 aromatic carbocycles. The van der Waals surface area contributed by atoms with Gasteiger partial charge in [-0.3, -0.25) is 0 Å². The fraction of sp³-hybridized carbons (Fsp3) is 0.750. The molecule has 1 aliphatic rings. The van der Waals surface area contributed by atoms with E-state index in [0.717, 1.165) is 19.4 Å². The van der Waals surface area contributed by atoms with Gasteiger partial charge < -0.3 is 14.7 Å². The summed E-state index contributed by atoms with van der Waals surface area (Å²) >= 11 is 0. The van der Waals surface area contributed by atoms with Crippen molar-refractivity contribution in [2.75, 3.05) is 26.7 Å². The van der Waals surface area contributed by atoms with E-state index in [1.165, 1.54) is 0 Å². The number of rotatable bonds is 6. The molecule has 0 radical (unpaired) electrons. The second-order valence-corrected chi connectivity index (χ2v) is 4.51. The molecule has 1 N–H and O–H groups in total. The van der Waals surface area contributed by atoms with Crippen molar-refractivity contribution in [2.45, 2.75) is 25.9 Å². The van der Waals surface area contributed by atoms with Crippen LogP contribution in [0.15, 0.2) is 12.2 Å². The molecule has 0 aliphatic heterocycles. The molecule has 0 saturated heterocycles. The Balaban J connectivity index is 2.20. The fourth-order valence-corrected chi connectivity index (χ4v) is 1.98. The normalized spacial score (nSPS) is 24.0. The summed E-state index contributed by atoms with van der Waals surface area (Å²) in [4.78, 5) is 13.4. The third-order valence-corrected chi connectivity index (χ3v) is 2.81. The third kappa shape index (κ3) is 3.94. The zero-order valence-electron chi connectivity index (χ0n) is 10.1. The van der Waals surface area contributed by atoms with E-state index in [4.69, 9.17) is 9.84 Å². The van der Waals surface area contributed by atoms with Crippen LogP contribution in [-0.4, -0.2) is 48.8 Å². The first-order chi connectivity index (χ1) is 7.52. The molecule has 0 amide bonds. The van der Waals surface area contributed by atoms with Crippen molar-refractivity contribution in [3.63, 3.8) is 0 Å². The lowest BCUT2D eigenvalue weighted by Gasteiger charge is -2.34. The number of carbonyl (C=O) groups excluding carboxylic acids is 1. The highest BCUT2D eigenvalue weighted by Crippen LogP contribution is 2.27. The topological polar surface area (TPSA) is 49.8 Å². The summed E-state index contributed by atoms with van der Waals surface area (Å²) in [7, 11) is 1.95. The van der Waals surface area contributed by atoms with Crippen LogP contribution in [0.5, 0.6) is 0 Å². The summed E-state index contributed by atoms with van der Waals surface area (Å²) in [5.41, 5.74) is 0.490. The number of carbonyl (C=O) groups is 1. The molecule has 1 fully saturated rings. The Labute approximate surface area is 96.9 Å². The highest BCUT2D eigenvalue weighted by molar-refractivity contribution is 5.88. The molecule has 16 heavy (non-hydrogen) atoms. The largest absolute Gasteiger partial charge is 0.463 e. The van der Waals surface area contributed by atoms with E-state index >= 15 is 0 Å². The van der Waals surface area contributed by atoms with E-state index in [0.29, 0.717) is 24.6 Å². The van der Waals surface area contributed by atoms with Crippen LogP contribution in [0.2, 0.25) is 0 Å². The van der Waals surface area contributed by atoms with Crippen molar-refractivity contribution < 1.29 is 14.6 Å². The van der Waals surface area contributed by atoms with Gasteiger partial charge in [-0.05, 0) is 32.7 Å². The van der Waals surface area contributed by atoms with Crippen molar-refractivity contribution in [2.24, 2.45) is 5.92 Å². The molecule has 0 heterocycles. The Hall–Kier alpha value is -0.870. The summed E-state index contributed by atoms with van der Waals surface area (Å²) < 4.78 is 4.86. The van der Waals surface area contributed by atoms with Gasteiger partial charge in [0.25, 0.3) is 0 Å². The minimum atomic E-state index is -0.317. The molecule has 0 aromatic rings. The molecule has 0 aromatic heterocycles. The summed E-state index contributed by atoms with van der Waals surface area (Å²) in [6.07, 6.45) is 1.62. The van der Waals surface area contributed by atoms with Gasteiger partial charge in [-0.2, -0.15) is 0 Å². The van der Waals surface area contributed by atoms with E-state index in [9.17, 15) is 4.79 Å². The van der Waals surface area contributed by atoms with Gasteiger partial charge in [0.2, 0.25) is 0 Å². The molecule has 1 rings (SSSR count). The Morgan fingerprint density at radius 3 is 2.69 bits per heavy atom. The summed E-state index contributed by atoms with van der Waals surface area (Å²) in [6, 6.07) is 0. The Morgan fingerprint density at radius 2 is 2.19 bits per heavy atom. The van der Waals surface area contributed by atoms with Crippen molar-refractivity contribution in [3.8, 4) is 0 Å². The van der Waals surface area contributed by atoms with E-state index in [-0.39, 0.29) is 12.1 Å². The van der Waals surface area contributed by atoms with Crippen molar-refractivity contribution in [1.29, 1.82) is 0 Å². The van der Waals surface area contributed by atoms with E-state index in [1.807, 2.05) is 7.05 Å². The van der Waals surface area contributed by atoms with Crippen molar-refractivity contribution >= 4 is 5.97 Å². The van der Waals surface area contributed by atoms with Gasteiger partial charge in [0.15, 0.2) is 0 Å².